The third-order valence-electron chi connectivity index (χ3n) is 4.03. The zero-order valence-corrected chi connectivity index (χ0v) is 18.5. The van der Waals surface area contributed by atoms with Gasteiger partial charge in [0.2, 0.25) is 5.13 Å². The van der Waals surface area contributed by atoms with Crippen LogP contribution in [0.2, 0.25) is 0 Å². The molecule has 0 aliphatic rings. The molecule has 4 nitrogen and oxygen atoms in total. The summed E-state index contributed by atoms with van der Waals surface area (Å²) in [7, 11) is 0. The van der Waals surface area contributed by atoms with E-state index in [2.05, 4.69) is 38.4 Å². The van der Waals surface area contributed by atoms with Gasteiger partial charge in [0.1, 0.15) is 5.82 Å². The summed E-state index contributed by atoms with van der Waals surface area (Å²) in [6.45, 7) is 2.16. The minimum absolute atomic E-state index is 0.214. The number of unbranched alkanes of at least 4 members (excludes halogenated alkanes) is 1. The molecular formula is C20H19BrFN3OS2. The summed E-state index contributed by atoms with van der Waals surface area (Å²) in [4.78, 5) is 12.4. The maximum Gasteiger partial charge on any atom is 0.257 e. The zero-order chi connectivity index (χ0) is 19.9. The molecular weight excluding hydrogens is 461 g/mol. The van der Waals surface area contributed by atoms with Gasteiger partial charge < -0.3 is 0 Å². The number of carbonyl (C=O) groups is 1. The molecule has 0 bridgehead atoms. The molecule has 1 N–H and O–H groups in total. The summed E-state index contributed by atoms with van der Waals surface area (Å²) >= 11 is 5.91. The number of rotatable bonds is 8. The first-order valence-electron chi connectivity index (χ1n) is 8.85. The smallest absolute Gasteiger partial charge is 0.257 e. The quantitative estimate of drug-likeness (QED) is 0.303. The van der Waals surface area contributed by atoms with Gasteiger partial charge in [0, 0.05) is 15.8 Å². The summed E-state index contributed by atoms with van der Waals surface area (Å²) in [6, 6.07) is 12.6. The largest absolute Gasteiger partial charge is 0.296 e. The van der Waals surface area contributed by atoms with Crippen LogP contribution in [0.3, 0.4) is 0 Å². The molecule has 3 aromatic rings. The van der Waals surface area contributed by atoms with Crippen molar-refractivity contribution in [3.05, 3.63) is 69.4 Å². The lowest BCUT2D eigenvalue weighted by Crippen LogP contribution is -2.11. The highest BCUT2D eigenvalue weighted by atomic mass is 79.9. The molecule has 0 saturated carbocycles. The second-order valence-electron chi connectivity index (χ2n) is 6.15. The summed E-state index contributed by atoms with van der Waals surface area (Å²) in [5.41, 5.74) is 2.41. The summed E-state index contributed by atoms with van der Waals surface area (Å²) in [5.74, 6) is -0.0306. The minimum Gasteiger partial charge on any atom is -0.296 e. The SMILES string of the molecule is CCCCc1ccc(C(=O)Nc2nnc(SCc3ccc(Br)cc3F)s2)cc1. The van der Waals surface area contributed by atoms with Crippen LogP contribution in [0.15, 0.2) is 51.3 Å². The van der Waals surface area contributed by atoms with Crippen molar-refractivity contribution in [2.45, 2.75) is 36.3 Å². The van der Waals surface area contributed by atoms with E-state index >= 15 is 0 Å². The molecule has 1 aromatic heterocycles. The van der Waals surface area contributed by atoms with E-state index in [9.17, 15) is 9.18 Å². The Kier molecular flexibility index (Phi) is 7.58. The highest BCUT2D eigenvalue weighted by Crippen LogP contribution is 2.30. The van der Waals surface area contributed by atoms with E-state index in [-0.39, 0.29) is 11.7 Å². The number of hydrogen-bond donors (Lipinski definition) is 1. The first-order valence-corrected chi connectivity index (χ1v) is 11.4. The molecule has 0 fully saturated rings. The first-order chi connectivity index (χ1) is 13.5. The highest BCUT2D eigenvalue weighted by Gasteiger charge is 2.12. The molecule has 8 heteroatoms. The van der Waals surface area contributed by atoms with Crippen LogP contribution in [0.4, 0.5) is 9.52 Å². The molecule has 2 aromatic carbocycles. The van der Waals surface area contributed by atoms with Crippen molar-refractivity contribution in [2.75, 3.05) is 5.32 Å². The Morgan fingerprint density at radius 1 is 1.21 bits per heavy atom. The van der Waals surface area contributed by atoms with Crippen LogP contribution in [0.5, 0.6) is 0 Å². The molecule has 1 heterocycles. The van der Waals surface area contributed by atoms with E-state index in [4.69, 9.17) is 0 Å². The van der Waals surface area contributed by atoms with Crippen LogP contribution < -0.4 is 5.32 Å². The van der Waals surface area contributed by atoms with Gasteiger partial charge in [-0.3, -0.25) is 10.1 Å². The van der Waals surface area contributed by atoms with Gasteiger partial charge in [-0.15, -0.1) is 10.2 Å². The van der Waals surface area contributed by atoms with Crippen LogP contribution in [0.1, 0.15) is 41.3 Å². The van der Waals surface area contributed by atoms with Gasteiger partial charge in [-0.05, 0) is 48.2 Å². The minimum atomic E-state index is -0.262. The molecule has 3 rings (SSSR count). The summed E-state index contributed by atoms with van der Waals surface area (Å²) in [5, 5.41) is 11.3. The van der Waals surface area contributed by atoms with Crippen molar-refractivity contribution >= 4 is 50.1 Å². The number of nitrogens with zero attached hydrogens (tertiary/aromatic N) is 2. The molecule has 0 saturated heterocycles. The van der Waals surface area contributed by atoms with Gasteiger partial charge in [0.05, 0.1) is 0 Å². The zero-order valence-electron chi connectivity index (χ0n) is 15.2. The van der Waals surface area contributed by atoms with E-state index in [1.54, 1.807) is 12.1 Å². The third kappa shape index (κ3) is 5.86. The standard InChI is InChI=1S/C20H19BrFN3OS2/c1-2-3-4-13-5-7-14(8-6-13)18(26)23-19-24-25-20(28-19)27-12-15-9-10-16(21)11-17(15)22/h5-11H,2-4,12H2,1H3,(H,23,24,26). The lowest BCUT2D eigenvalue weighted by Gasteiger charge is -2.03. The molecule has 146 valence electrons. The normalized spacial score (nSPS) is 10.8. The van der Waals surface area contributed by atoms with Crippen molar-refractivity contribution in [3.63, 3.8) is 0 Å². The average Bonchev–Trinajstić information content (AvgIpc) is 3.13. The summed E-state index contributed by atoms with van der Waals surface area (Å²) in [6.07, 6.45) is 3.31. The number of amides is 1. The second kappa shape index (κ2) is 10.1. The average molecular weight is 480 g/mol. The van der Waals surface area contributed by atoms with E-state index in [1.807, 2.05) is 24.3 Å². The molecule has 1 amide bonds. The number of benzene rings is 2. The van der Waals surface area contributed by atoms with Crippen molar-refractivity contribution < 1.29 is 9.18 Å². The van der Waals surface area contributed by atoms with Crippen molar-refractivity contribution in [1.29, 1.82) is 0 Å². The van der Waals surface area contributed by atoms with Crippen LogP contribution in [0.25, 0.3) is 0 Å². The van der Waals surface area contributed by atoms with E-state index in [0.717, 1.165) is 19.3 Å². The lowest BCUT2D eigenvalue weighted by atomic mass is 10.1. The fourth-order valence-corrected chi connectivity index (χ4v) is 4.54. The first kappa shape index (κ1) is 21.0. The molecule has 0 radical (unpaired) electrons. The van der Waals surface area contributed by atoms with Crippen LogP contribution in [-0.2, 0) is 12.2 Å². The fraction of sp³-hybridized carbons (Fsp3) is 0.250. The predicted octanol–water partition coefficient (Wildman–Crippen LogP) is 6.33. The van der Waals surface area contributed by atoms with Gasteiger partial charge in [-0.1, -0.05) is 70.6 Å². The number of halogens is 2. The van der Waals surface area contributed by atoms with Gasteiger partial charge in [0.15, 0.2) is 4.34 Å². The number of carbonyl (C=O) groups excluding carboxylic acids is 1. The van der Waals surface area contributed by atoms with Gasteiger partial charge in [-0.2, -0.15) is 0 Å². The van der Waals surface area contributed by atoms with E-state index < -0.39 is 0 Å². The molecule has 0 aliphatic heterocycles. The van der Waals surface area contributed by atoms with Crippen LogP contribution in [0, 0.1) is 5.82 Å². The van der Waals surface area contributed by atoms with Crippen LogP contribution in [-0.4, -0.2) is 16.1 Å². The Morgan fingerprint density at radius 3 is 2.71 bits per heavy atom. The number of nitrogens with one attached hydrogen (secondary N) is 1. The number of anilines is 1. The Bertz CT molecular complexity index is 947. The van der Waals surface area contributed by atoms with Crippen molar-refractivity contribution in [1.82, 2.24) is 10.2 Å². The third-order valence-corrected chi connectivity index (χ3v) is 6.54. The lowest BCUT2D eigenvalue weighted by molar-refractivity contribution is 0.102. The van der Waals surface area contributed by atoms with E-state index in [1.165, 1.54) is 34.7 Å². The predicted molar refractivity (Wildman–Crippen MR) is 117 cm³/mol. The molecule has 0 unspecified atom stereocenters. The maximum absolute atomic E-state index is 13.9. The van der Waals surface area contributed by atoms with Crippen LogP contribution >= 0.6 is 39.0 Å². The fourth-order valence-electron chi connectivity index (χ4n) is 2.47. The number of thioether (sulfide) groups is 1. The molecule has 28 heavy (non-hydrogen) atoms. The number of hydrogen-bond acceptors (Lipinski definition) is 5. The Hall–Kier alpha value is -1.77. The summed E-state index contributed by atoms with van der Waals surface area (Å²) < 4.78 is 15.3. The highest BCUT2D eigenvalue weighted by molar-refractivity contribution is 9.10. The molecule has 0 spiro atoms. The Labute approximate surface area is 180 Å². The Balaban J connectivity index is 1.55. The van der Waals surface area contributed by atoms with Gasteiger partial charge in [0.25, 0.3) is 5.91 Å². The van der Waals surface area contributed by atoms with Gasteiger partial charge >= 0.3 is 0 Å². The van der Waals surface area contributed by atoms with E-state index in [0.29, 0.717) is 30.8 Å². The number of aryl methyl sites for hydroxylation is 1. The molecule has 0 aliphatic carbocycles. The maximum atomic E-state index is 13.9. The van der Waals surface area contributed by atoms with Crippen molar-refractivity contribution in [2.24, 2.45) is 0 Å². The number of aromatic nitrogens is 2. The Morgan fingerprint density at radius 2 is 2.00 bits per heavy atom. The topological polar surface area (TPSA) is 54.9 Å². The molecule has 0 atom stereocenters. The van der Waals surface area contributed by atoms with Gasteiger partial charge in [-0.25, -0.2) is 4.39 Å². The second-order valence-corrected chi connectivity index (χ2v) is 9.27. The van der Waals surface area contributed by atoms with Crippen molar-refractivity contribution in [3.8, 4) is 0 Å². The monoisotopic (exact) mass is 479 g/mol.